The van der Waals surface area contributed by atoms with Gasteiger partial charge in [0.05, 0.1) is 0 Å². The number of nitrogens with one attached hydrogen (secondary N) is 2. The number of amides is 1. The summed E-state index contributed by atoms with van der Waals surface area (Å²) >= 11 is 0. The van der Waals surface area contributed by atoms with E-state index in [4.69, 9.17) is 0 Å². The standard InChI is InChI=1S/C16H25N3O/c1-3-9-17-13-6-10-18-14(11-13)15(20)19-12-16(4-2)7-5-8-16/h6,10-11H,3-5,7-9,12H2,1-2H3,(H,17,18)(H,19,20). The molecule has 1 saturated carbocycles. The molecule has 1 fully saturated rings. The maximum absolute atomic E-state index is 12.2. The van der Waals surface area contributed by atoms with Gasteiger partial charge in [-0.2, -0.15) is 0 Å². The lowest BCUT2D eigenvalue weighted by molar-refractivity contribution is 0.0845. The predicted octanol–water partition coefficient (Wildman–Crippen LogP) is 3.21. The van der Waals surface area contributed by atoms with Crippen molar-refractivity contribution in [2.24, 2.45) is 5.41 Å². The summed E-state index contributed by atoms with van der Waals surface area (Å²) in [4.78, 5) is 16.3. The van der Waals surface area contributed by atoms with Gasteiger partial charge in [0.1, 0.15) is 5.69 Å². The van der Waals surface area contributed by atoms with Crippen LogP contribution in [0.15, 0.2) is 18.3 Å². The summed E-state index contributed by atoms with van der Waals surface area (Å²) in [6, 6.07) is 3.72. The van der Waals surface area contributed by atoms with Crippen molar-refractivity contribution >= 4 is 11.6 Å². The van der Waals surface area contributed by atoms with E-state index in [2.05, 4.69) is 29.5 Å². The number of nitrogens with zero attached hydrogens (tertiary/aromatic N) is 1. The van der Waals surface area contributed by atoms with Crippen LogP contribution in [-0.4, -0.2) is 24.0 Å². The fraction of sp³-hybridized carbons (Fsp3) is 0.625. The molecule has 0 saturated heterocycles. The summed E-state index contributed by atoms with van der Waals surface area (Å²) in [6.45, 7) is 6.00. The zero-order chi connectivity index (χ0) is 14.4. The lowest BCUT2D eigenvalue weighted by atomic mass is 9.67. The van der Waals surface area contributed by atoms with Gasteiger partial charge in [-0.1, -0.05) is 20.3 Å². The minimum absolute atomic E-state index is 0.0649. The van der Waals surface area contributed by atoms with Gasteiger partial charge in [-0.15, -0.1) is 0 Å². The summed E-state index contributed by atoms with van der Waals surface area (Å²) in [5, 5.41) is 6.32. The summed E-state index contributed by atoms with van der Waals surface area (Å²) in [5.74, 6) is -0.0649. The Kier molecular flexibility index (Phi) is 4.99. The SMILES string of the molecule is CCCNc1ccnc(C(=O)NCC2(CC)CCC2)c1. The molecule has 4 nitrogen and oxygen atoms in total. The fourth-order valence-electron chi connectivity index (χ4n) is 2.62. The molecule has 1 aromatic rings. The number of rotatable bonds is 7. The van der Waals surface area contributed by atoms with Crippen molar-refractivity contribution in [1.82, 2.24) is 10.3 Å². The molecule has 0 atom stereocenters. The molecule has 0 radical (unpaired) electrons. The number of carbonyl (C=O) groups is 1. The highest BCUT2D eigenvalue weighted by molar-refractivity contribution is 5.93. The molecule has 0 spiro atoms. The largest absolute Gasteiger partial charge is 0.385 e. The zero-order valence-electron chi connectivity index (χ0n) is 12.5. The van der Waals surface area contributed by atoms with Gasteiger partial charge in [0, 0.05) is 25.0 Å². The zero-order valence-corrected chi connectivity index (χ0v) is 12.5. The van der Waals surface area contributed by atoms with E-state index in [9.17, 15) is 4.79 Å². The highest BCUT2D eigenvalue weighted by Gasteiger charge is 2.35. The fourth-order valence-corrected chi connectivity index (χ4v) is 2.62. The van der Waals surface area contributed by atoms with Crippen LogP contribution in [-0.2, 0) is 0 Å². The molecule has 1 aromatic heterocycles. The van der Waals surface area contributed by atoms with E-state index in [0.29, 0.717) is 11.1 Å². The Hall–Kier alpha value is -1.58. The number of pyridine rings is 1. The third kappa shape index (κ3) is 3.50. The first kappa shape index (κ1) is 14.8. The van der Waals surface area contributed by atoms with Crippen LogP contribution in [0.1, 0.15) is 56.4 Å². The van der Waals surface area contributed by atoms with Crippen LogP contribution < -0.4 is 10.6 Å². The molecule has 20 heavy (non-hydrogen) atoms. The van der Waals surface area contributed by atoms with Gasteiger partial charge in [-0.3, -0.25) is 9.78 Å². The van der Waals surface area contributed by atoms with E-state index in [1.807, 2.05) is 12.1 Å². The summed E-state index contributed by atoms with van der Waals surface area (Å²) in [7, 11) is 0. The van der Waals surface area contributed by atoms with E-state index < -0.39 is 0 Å². The molecular weight excluding hydrogens is 250 g/mol. The van der Waals surface area contributed by atoms with Gasteiger partial charge in [0.15, 0.2) is 0 Å². The van der Waals surface area contributed by atoms with Crippen molar-refractivity contribution < 1.29 is 4.79 Å². The van der Waals surface area contributed by atoms with Gasteiger partial charge in [-0.05, 0) is 43.2 Å². The van der Waals surface area contributed by atoms with Crippen LogP contribution in [0.25, 0.3) is 0 Å². The van der Waals surface area contributed by atoms with E-state index in [1.165, 1.54) is 19.3 Å². The first-order chi connectivity index (χ1) is 9.69. The second-order valence-electron chi connectivity index (χ2n) is 5.75. The Bertz CT molecular complexity index is 449. The van der Waals surface area contributed by atoms with Crippen LogP contribution >= 0.6 is 0 Å². The number of aromatic nitrogens is 1. The summed E-state index contributed by atoms with van der Waals surface area (Å²) < 4.78 is 0. The lowest BCUT2D eigenvalue weighted by Gasteiger charge is -2.41. The van der Waals surface area contributed by atoms with Crippen molar-refractivity contribution in [2.45, 2.75) is 46.0 Å². The maximum atomic E-state index is 12.2. The molecule has 0 aliphatic heterocycles. The van der Waals surface area contributed by atoms with E-state index in [-0.39, 0.29) is 5.91 Å². The summed E-state index contributed by atoms with van der Waals surface area (Å²) in [5.41, 5.74) is 1.80. The maximum Gasteiger partial charge on any atom is 0.269 e. The molecule has 2 rings (SSSR count). The first-order valence-electron chi connectivity index (χ1n) is 7.67. The van der Waals surface area contributed by atoms with Crippen LogP contribution in [0, 0.1) is 5.41 Å². The molecule has 2 N–H and O–H groups in total. The number of anilines is 1. The smallest absolute Gasteiger partial charge is 0.269 e. The quantitative estimate of drug-likeness (QED) is 0.803. The monoisotopic (exact) mass is 275 g/mol. The molecular formula is C16H25N3O. The van der Waals surface area contributed by atoms with E-state index >= 15 is 0 Å². The number of hydrogen-bond donors (Lipinski definition) is 2. The Balaban J connectivity index is 1.91. The average Bonchev–Trinajstić information content (AvgIpc) is 2.44. The highest BCUT2D eigenvalue weighted by Crippen LogP contribution is 2.43. The minimum Gasteiger partial charge on any atom is -0.385 e. The van der Waals surface area contributed by atoms with Gasteiger partial charge in [0.25, 0.3) is 5.91 Å². The molecule has 110 valence electrons. The van der Waals surface area contributed by atoms with Gasteiger partial charge < -0.3 is 10.6 Å². The molecule has 1 aliphatic rings. The van der Waals surface area contributed by atoms with Crippen molar-refractivity contribution in [3.63, 3.8) is 0 Å². The van der Waals surface area contributed by atoms with E-state index in [1.54, 1.807) is 6.20 Å². The highest BCUT2D eigenvalue weighted by atomic mass is 16.1. The minimum atomic E-state index is -0.0649. The third-order valence-corrected chi connectivity index (χ3v) is 4.36. The topological polar surface area (TPSA) is 54.0 Å². The van der Waals surface area contributed by atoms with Crippen molar-refractivity contribution in [1.29, 1.82) is 0 Å². The second-order valence-corrected chi connectivity index (χ2v) is 5.75. The molecule has 0 aromatic carbocycles. The van der Waals surface area contributed by atoms with Gasteiger partial charge in [0.2, 0.25) is 0 Å². The Morgan fingerprint density at radius 1 is 1.40 bits per heavy atom. The molecule has 1 aliphatic carbocycles. The average molecular weight is 275 g/mol. The van der Waals surface area contributed by atoms with Gasteiger partial charge >= 0.3 is 0 Å². The van der Waals surface area contributed by atoms with Crippen molar-refractivity contribution in [3.8, 4) is 0 Å². The molecule has 1 amide bonds. The number of carbonyl (C=O) groups excluding carboxylic acids is 1. The molecule has 0 unspecified atom stereocenters. The van der Waals surface area contributed by atoms with Crippen molar-refractivity contribution in [2.75, 3.05) is 18.4 Å². The molecule has 1 heterocycles. The predicted molar refractivity (Wildman–Crippen MR) is 81.9 cm³/mol. The summed E-state index contributed by atoms with van der Waals surface area (Å²) in [6.07, 6.45) is 7.64. The molecule has 4 heteroatoms. The lowest BCUT2D eigenvalue weighted by Crippen LogP contribution is -2.41. The van der Waals surface area contributed by atoms with Gasteiger partial charge in [-0.25, -0.2) is 0 Å². The Labute approximate surface area is 121 Å². The Morgan fingerprint density at radius 2 is 2.20 bits per heavy atom. The van der Waals surface area contributed by atoms with Crippen LogP contribution in [0.4, 0.5) is 5.69 Å². The first-order valence-corrected chi connectivity index (χ1v) is 7.67. The molecule has 0 bridgehead atoms. The van der Waals surface area contributed by atoms with Crippen LogP contribution in [0.2, 0.25) is 0 Å². The van der Waals surface area contributed by atoms with Crippen LogP contribution in [0.3, 0.4) is 0 Å². The number of hydrogen-bond acceptors (Lipinski definition) is 3. The third-order valence-electron chi connectivity index (χ3n) is 4.36. The normalized spacial score (nSPS) is 16.3. The van der Waals surface area contributed by atoms with Crippen molar-refractivity contribution in [3.05, 3.63) is 24.0 Å². The Morgan fingerprint density at radius 3 is 2.80 bits per heavy atom. The van der Waals surface area contributed by atoms with E-state index in [0.717, 1.165) is 31.6 Å². The second kappa shape index (κ2) is 6.73. The van der Waals surface area contributed by atoms with Crippen LogP contribution in [0.5, 0.6) is 0 Å².